The van der Waals surface area contributed by atoms with Gasteiger partial charge in [0.2, 0.25) is 10.0 Å². The first-order valence-electron chi connectivity index (χ1n) is 5.90. The maximum atomic E-state index is 11.8. The summed E-state index contributed by atoms with van der Waals surface area (Å²) in [5, 5.41) is 9.25. The Kier molecular flexibility index (Phi) is 3.71. The first-order valence-corrected chi connectivity index (χ1v) is 7.45. The number of benzene rings is 1. The number of anilines is 1. The number of carbonyl (C=O) groups is 1. The van der Waals surface area contributed by atoms with Gasteiger partial charge >= 0.3 is 0 Å². The summed E-state index contributed by atoms with van der Waals surface area (Å²) in [6.07, 6.45) is 1.48. The highest BCUT2D eigenvalue weighted by atomic mass is 32.2. The van der Waals surface area contributed by atoms with Crippen LogP contribution in [0.3, 0.4) is 0 Å². The van der Waals surface area contributed by atoms with E-state index in [1.807, 2.05) is 0 Å². The van der Waals surface area contributed by atoms with Crippen LogP contribution in [-0.4, -0.2) is 43.1 Å². The highest BCUT2D eigenvalue weighted by molar-refractivity contribution is 7.89. The predicted molar refractivity (Wildman–Crippen MR) is 77.4 cm³/mol. The number of primary sulfonamides is 1. The Morgan fingerprint density at radius 1 is 1.29 bits per heavy atom. The van der Waals surface area contributed by atoms with Crippen molar-refractivity contribution in [2.75, 3.05) is 19.8 Å². The molecule has 1 aromatic carbocycles. The highest BCUT2D eigenvalue weighted by Gasteiger charge is 2.18. The lowest BCUT2D eigenvalue weighted by Crippen LogP contribution is -2.22. The van der Waals surface area contributed by atoms with Gasteiger partial charge in [-0.25, -0.2) is 18.2 Å². The summed E-state index contributed by atoms with van der Waals surface area (Å²) in [6, 6.07) is 5.75. The average Bonchev–Trinajstić information content (AvgIpc) is 2.86. The van der Waals surface area contributed by atoms with Gasteiger partial charge in [-0.05, 0) is 24.3 Å². The van der Waals surface area contributed by atoms with Crippen molar-refractivity contribution in [2.45, 2.75) is 4.90 Å². The molecule has 0 radical (unpaired) electrons. The topological polar surface area (TPSA) is 124 Å². The summed E-state index contributed by atoms with van der Waals surface area (Å²) in [5.74, 6) is -0.290. The number of nitrogens with two attached hydrogens (primary N) is 2. The Balaban J connectivity index is 2.56. The Bertz CT molecular complexity index is 795. The van der Waals surface area contributed by atoms with E-state index in [9.17, 15) is 13.2 Å². The van der Waals surface area contributed by atoms with E-state index in [0.29, 0.717) is 0 Å². The molecule has 2 aromatic rings. The van der Waals surface area contributed by atoms with E-state index >= 15 is 0 Å². The second-order valence-corrected chi connectivity index (χ2v) is 6.15. The zero-order valence-electron chi connectivity index (χ0n) is 11.5. The summed E-state index contributed by atoms with van der Waals surface area (Å²) in [7, 11) is -0.773. The maximum absolute atomic E-state index is 11.8. The lowest BCUT2D eigenvalue weighted by atomic mass is 10.3. The normalized spacial score (nSPS) is 11.4. The van der Waals surface area contributed by atoms with Crippen molar-refractivity contribution in [2.24, 2.45) is 5.14 Å². The molecule has 0 unspecified atom stereocenters. The fourth-order valence-electron chi connectivity index (χ4n) is 1.75. The fraction of sp³-hybridized carbons (Fsp3) is 0.167. The number of sulfonamides is 1. The number of nitrogens with zero attached hydrogens (tertiary/aromatic N) is 3. The summed E-state index contributed by atoms with van der Waals surface area (Å²) in [4.78, 5) is 13.0. The highest BCUT2D eigenvalue weighted by Crippen LogP contribution is 2.21. The van der Waals surface area contributed by atoms with Crippen molar-refractivity contribution < 1.29 is 13.2 Å². The molecule has 0 bridgehead atoms. The van der Waals surface area contributed by atoms with Gasteiger partial charge in [-0.15, -0.1) is 0 Å². The third-order valence-corrected chi connectivity index (χ3v) is 3.69. The van der Waals surface area contributed by atoms with Crippen molar-refractivity contribution in [3.63, 3.8) is 0 Å². The van der Waals surface area contributed by atoms with E-state index < -0.39 is 10.0 Å². The molecule has 112 valence electrons. The molecular formula is C12H15N5O3S. The van der Waals surface area contributed by atoms with Crippen molar-refractivity contribution in [3.05, 3.63) is 36.2 Å². The summed E-state index contributed by atoms with van der Waals surface area (Å²) in [6.45, 7) is 0. The van der Waals surface area contributed by atoms with Crippen LogP contribution < -0.4 is 10.9 Å². The third-order valence-electron chi connectivity index (χ3n) is 2.75. The minimum Gasteiger partial charge on any atom is -0.399 e. The van der Waals surface area contributed by atoms with E-state index in [-0.39, 0.29) is 27.9 Å². The number of rotatable bonds is 3. The molecule has 9 heteroatoms. The Morgan fingerprint density at radius 3 is 2.52 bits per heavy atom. The molecule has 0 aliphatic rings. The standard InChI is InChI=1S/C12H15N5O3S/c1-16(2)12(18)9-5-6-17(15-9)10-4-3-8(13)7-11(10)21(14,19)20/h3-7H,13H2,1-2H3,(H2,14,19,20). The second-order valence-electron chi connectivity index (χ2n) is 4.62. The van der Waals surface area contributed by atoms with Crippen LogP contribution in [0.4, 0.5) is 5.69 Å². The lowest BCUT2D eigenvalue weighted by Gasteiger charge is -2.09. The molecule has 0 fully saturated rings. The van der Waals surface area contributed by atoms with Gasteiger partial charge < -0.3 is 10.6 Å². The van der Waals surface area contributed by atoms with Crippen LogP contribution in [0.1, 0.15) is 10.5 Å². The van der Waals surface area contributed by atoms with Crippen LogP contribution in [0, 0.1) is 0 Å². The van der Waals surface area contributed by atoms with Crippen molar-refractivity contribution in [1.82, 2.24) is 14.7 Å². The molecule has 1 heterocycles. The Hall–Kier alpha value is -2.39. The van der Waals surface area contributed by atoms with Crippen LogP contribution in [0.2, 0.25) is 0 Å². The lowest BCUT2D eigenvalue weighted by molar-refractivity contribution is 0.0821. The minimum atomic E-state index is -3.97. The summed E-state index contributed by atoms with van der Waals surface area (Å²) < 4.78 is 24.5. The molecule has 1 amide bonds. The van der Waals surface area contributed by atoms with Gasteiger partial charge in [-0.1, -0.05) is 0 Å². The molecule has 1 aromatic heterocycles. The molecule has 0 aliphatic carbocycles. The first kappa shape index (κ1) is 15.0. The largest absolute Gasteiger partial charge is 0.399 e. The second kappa shape index (κ2) is 5.19. The molecule has 4 N–H and O–H groups in total. The van der Waals surface area contributed by atoms with Crippen molar-refractivity contribution in [1.29, 1.82) is 0 Å². The van der Waals surface area contributed by atoms with Gasteiger partial charge in [-0.2, -0.15) is 5.10 Å². The molecule has 0 spiro atoms. The van der Waals surface area contributed by atoms with Gasteiger partial charge in [-0.3, -0.25) is 4.79 Å². The first-order chi connectivity index (χ1) is 9.70. The molecule has 2 rings (SSSR count). The van der Waals surface area contributed by atoms with Crippen LogP contribution in [0.15, 0.2) is 35.4 Å². The monoisotopic (exact) mass is 309 g/mol. The van der Waals surface area contributed by atoms with Crippen LogP contribution in [-0.2, 0) is 10.0 Å². The number of amides is 1. The van der Waals surface area contributed by atoms with Crippen LogP contribution in [0.25, 0.3) is 5.69 Å². The maximum Gasteiger partial charge on any atom is 0.273 e. The number of nitrogen functional groups attached to an aromatic ring is 1. The van der Waals surface area contributed by atoms with Gasteiger partial charge in [0, 0.05) is 26.0 Å². The molecule has 0 saturated heterocycles. The van der Waals surface area contributed by atoms with Gasteiger partial charge in [0.15, 0.2) is 5.69 Å². The van der Waals surface area contributed by atoms with E-state index in [4.69, 9.17) is 10.9 Å². The van der Waals surface area contributed by atoms with Gasteiger partial charge in [0.1, 0.15) is 4.90 Å². The SMILES string of the molecule is CN(C)C(=O)c1ccn(-c2ccc(N)cc2S(N)(=O)=O)n1. The average molecular weight is 309 g/mol. The third kappa shape index (κ3) is 3.03. The van der Waals surface area contributed by atoms with E-state index in [0.717, 1.165) is 0 Å². The number of hydrogen-bond acceptors (Lipinski definition) is 5. The molecule has 0 saturated carbocycles. The molecule has 8 nitrogen and oxygen atoms in total. The zero-order chi connectivity index (χ0) is 15.8. The smallest absolute Gasteiger partial charge is 0.273 e. The number of hydrogen-bond donors (Lipinski definition) is 2. The molecular weight excluding hydrogens is 294 g/mol. The van der Waals surface area contributed by atoms with Crippen LogP contribution in [0.5, 0.6) is 0 Å². The predicted octanol–water partition coefficient (Wildman–Crippen LogP) is -0.196. The Labute approximate surface area is 122 Å². The number of aromatic nitrogens is 2. The van der Waals surface area contributed by atoms with Crippen molar-refractivity contribution >= 4 is 21.6 Å². The van der Waals surface area contributed by atoms with E-state index in [2.05, 4.69) is 5.10 Å². The van der Waals surface area contributed by atoms with Gasteiger partial charge in [0.05, 0.1) is 5.69 Å². The Morgan fingerprint density at radius 2 is 1.95 bits per heavy atom. The fourth-order valence-corrected chi connectivity index (χ4v) is 2.50. The van der Waals surface area contributed by atoms with Crippen LogP contribution >= 0.6 is 0 Å². The van der Waals surface area contributed by atoms with Crippen molar-refractivity contribution in [3.8, 4) is 5.69 Å². The van der Waals surface area contributed by atoms with E-state index in [1.54, 1.807) is 14.1 Å². The molecule has 0 aliphatic heterocycles. The quantitative estimate of drug-likeness (QED) is 0.760. The van der Waals surface area contributed by atoms with E-state index in [1.165, 1.54) is 40.0 Å². The summed E-state index contributed by atoms with van der Waals surface area (Å²) >= 11 is 0. The van der Waals surface area contributed by atoms with Gasteiger partial charge in [0.25, 0.3) is 5.91 Å². The molecule has 21 heavy (non-hydrogen) atoms. The molecule has 0 atom stereocenters. The number of carbonyl (C=O) groups excluding carboxylic acids is 1. The summed E-state index contributed by atoms with van der Waals surface area (Å²) in [5.41, 5.74) is 6.27. The zero-order valence-corrected chi connectivity index (χ0v) is 12.3. The minimum absolute atomic E-state index is 0.158.